The SMILES string of the molecule is CNc1cc(N2CCc3c(-c4cc(N5CCC(N(C)c6ccc7c(c6)n(C)c(=O)n7C6CCC(=O)NC6=O)CC5)ccn4)cccc32)nn2c(C(=O)NC3CC3F)cnc12. The van der Waals surface area contributed by atoms with Gasteiger partial charge in [-0.05, 0) is 67.6 Å². The van der Waals surface area contributed by atoms with Crippen LogP contribution in [0.2, 0.25) is 0 Å². The molecule has 308 valence electrons. The van der Waals surface area contributed by atoms with Crippen LogP contribution in [0, 0.1) is 0 Å². The number of amides is 3. The third kappa shape index (κ3) is 6.30. The van der Waals surface area contributed by atoms with Crippen LogP contribution in [0.1, 0.15) is 54.2 Å². The van der Waals surface area contributed by atoms with Gasteiger partial charge in [0.1, 0.15) is 12.2 Å². The summed E-state index contributed by atoms with van der Waals surface area (Å²) in [5, 5.41) is 13.2. The Morgan fingerprint density at radius 1 is 0.967 bits per heavy atom. The van der Waals surface area contributed by atoms with Gasteiger partial charge < -0.3 is 25.3 Å². The summed E-state index contributed by atoms with van der Waals surface area (Å²) in [6.07, 6.45) is 5.80. The molecule has 4 aliphatic rings. The minimum absolute atomic E-state index is 0.199. The zero-order chi connectivity index (χ0) is 41.4. The predicted molar refractivity (Wildman–Crippen MR) is 226 cm³/mol. The molecule has 3 aliphatic heterocycles. The van der Waals surface area contributed by atoms with Gasteiger partial charge >= 0.3 is 5.69 Å². The summed E-state index contributed by atoms with van der Waals surface area (Å²) in [7, 11) is 5.62. The van der Waals surface area contributed by atoms with E-state index in [2.05, 4.69) is 66.9 Å². The van der Waals surface area contributed by atoms with Crippen molar-refractivity contribution in [2.45, 2.75) is 62.8 Å². The highest BCUT2D eigenvalue weighted by Gasteiger charge is 2.39. The molecule has 0 radical (unpaired) electrons. The van der Waals surface area contributed by atoms with Crippen molar-refractivity contribution < 1.29 is 18.8 Å². The van der Waals surface area contributed by atoms with Crippen LogP contribution < -0.4 is 36.3 Å². The van der Waals surface area contributed by atoms with Crippen LogP contribution in [0.4, 0.5) is 33.0 Å². The number of rotatable bonds is 9. The molecule has 0 bridgehead atoms. The second kappa shape index (κ2) is 14.5. The molecule has 2 aromatic carbocycles. The van der Waals surface area contributed by atoms with Crippen molar-refractivity contribution in [2.75, 3.05) is 53.7 Å². The van der Waals surface area contributed by atoms with Crippen LogP contribution in [0.3, 0.4) is 0 Å². The predicted octanol–water partition coefficient (Wildman–Crippen LogP) is 4.10. The summed E-state index contributed by atoms with van der Waals surface area (Å²) in [5.41, 5.74) is 8.87. The maximum absolute atomic E-state index is 13.6. The van der Waals surface area contributed by atoms with Crippen LogP contribution >= 0.6 is 0 Å². The first-order valence-corrected chi connectivity index (χ1v) is 20.5. The molecular weight excluding hydrogens is 768 g/mol. The summed E-state index contributed by atoms with van der Waals surface area (Å²) in [6, 6.07) is 17.4. The summed E-state index contributed by atoms with van der Waals surface area (Å²) in [4.78, 5) is 67.0. The van der Waals surface area contributed by atoms with Gasteiger partial charge in [-0.2, -0.15) is 0 Å². The van der Waals surface area contributed by atoms with Crippen molar-refractivity contribution in [1.29, 1.82) is 0 Å². The first-order valence-electron chi connectivity index (χ1n) is 20.5. The zero-order valence-corrected chi connectivity index (χ0v) is 33.6. The average molecular weight is 813 g/mol. The smallest absolute Gasteiger partial charge is 0.329 e. The molecule has 2 saturated heterocycles. The van der Waals surface area contributed by atoms with Gasteiger partial charge in [-0.15, -0.1) is 5.10 Å². The normalized spacial score (nSPS) is 20.4. The van der Waals surface area contributed by atoms with E-state index in [4.69, 9.17) is 10.1 Å². The molecule has 6 aromatic rings. The lowest BCUT2D eigenvalue weighted by molar-refractivity contribution is -0.135. The fraction of sp³-hybridized carbons (Fsp3) is 0.372. The number of alkyl halides is 1. The Hall–Kier alpha value is -6.78. The highest BCUT2D eigenvalue weighted by Crippen LogP contribution is 2.41. The second-order valence-corrected chi connectivity index (χ2v) is 16.2. The monoisotopic (exact) mass is 812 g/mol. The number of imide groups is 1. The highest BCUT2D eigenvalue weighted by molar-refractivity contribution is 6.00. The van der Waals surface area contributed by atoms with E-state index < -0.39 is 30.1 Å². The topological polar surface area (TPSA) is 167 Å². The van der Waals surface area contributed by atoms with E-state index in [-0.39, 0.29) is 29.8 Å². The van der Waals surface area contributed by atoms with Gasteiger partial charge in [0.25, 0.3) is 5.91 Å². The molecule has 16 nitrogen and oxygen atoms in total. The first-order chi connectivity index (χ1) is 29.1. The number of nitrogens with one attached hydrogen (secondary N) is 3. The lowest BCUT2D eigenvalue weighted by atomic mass is 10.00. The zero-order valence-electron chi connectivity index (χ0n) is 33.6. The van der Waals surface area contributed by atoms with Gasteiger partial charge in [0, 0.05) is 94.5 Å². The Labute approximate surface area is 344 Å². The summed E-state index contributed by atoms with van der Waals surface area (Å²) in [6.45, 7) is 2.40. The van der Waals surface area contributed by atoms with Crippen LogP contribution in [0.25, 0.3) is 27.9 Å². The van der Waals surface area contributed by atoms with Crippen LogP contribution in [0.15, 0.2) is 71.8 Å². The number of anilines is 5. The number of halogens is 1. The number of piperidine rings is 2. The van der Waals surface area contributed by atoms with Crippen molar-refractivity contribution in [2.24, 2.45) is 7.05 Å². The van der Waals surface area contributed by atoms with Gasteiger partial charge in [0.05, 0.1) is 34.7 Å². The Kier molecular flexibility index (Phi) is 9.06. The van der Waals surface area contributed by atoms with E-state index in [1.165, 1.54) is 20.8 Å². The number of benzene rings is 2. The fourth-order valence-electron chi connectivity index (χ4n) is 9.18. The number of pyridine rings is 1. The number of aromatic nitrogens is 6. The third-order valence-electron chi connectivity index (χ3n) is 12.7. The Bertz CT molecular complexity index is 2790. The molecule has 3 atom stereocenters. The number of imidazole rings is 2. The molecule has 4 aromatic heterocycles. The minimum atomic E-state index is -1.01. The van der Waals surface area contributed by atoms with E-state index in [0.717, 1.165) is 71.9 Å². The largest absolute Gasteiger partial charge is 0.385 e. The lowest BCUT2D eigenvalue weighted by Crippen LogP contribution is -2.44. The number of hydrogen-bond acceptors (Lipinski definition) is 11. The molecule has 7 heterocycles. The third-order valence-corrected chi connectivity index (χ3v) is 12.7. The minimum Gasteiger partial charge on any atom is -0.385 e. The Morgan fingerprint density at radius 2 is 1.78 bits per heavy atom. The fourth-order valence-corrected chi connectivity index (χ4v) is 9.18. The molecule has 3 fully saturated rings. The summed E-state index contributed by atoms with van der Waals surface area (Å²) >= 11 is 0. The molecule has 3 unspecified atom stereocenters. The molecule has 60 heavy (non-hydrogen) atoms. The average Bonchev–Trinajstić information content (AvgIpc) is 3.55. The van der Waals surface area contributed by atoms with Gasteiger partial charge in [0.2, 0.25) is 11.8 Å². The van der Waals surface area contributed by atoms with E-state index in [1.54, 1.807) is 18.7 Å². The summed E-state index contributed by atoms with van der Waals surface area (Å²) < 4.78 is 18.2. The van der Waals surface area contributed by atoms with Crippen molar-refractivity contribution in [3.05, 3.63) is 88.7 Å². The quantitative estimate of drug-likeness (QED) is 0.180. The van der Waals surface area contributed by atoms with Crippen LogP contribution in [-0.4, -0.2) is 98.4 Å². The number of carbonyl (C=O) groups excluding carboxylic acids is 3. The van der Waals surface area contributed by atoms with Gasteiger partial charge in [-0.3, -0.25) is 33.8 Å². The number of carbonyl (C=O) groups is 3. The standard InChI is InChI=1S/C43H45FN12O4/c1-45-32-22-38(50-56-37(23-47-40(32)56)42(59)48-31-21-29(31)44)54-18-14-28-27(5-4-6-33(28)54)30-19-26(11-15-46-30)53-16-12-24(13-17-53)51(2)25-7-8-34-36(20-25)52(3)43(60)55(34)35-9-10-39(57)49-41(35)58/h4-8,11,15,19-20,22-24,29,31,35,45H,9-10,12-14,16-18,21H2,1-3H3,(H,48,59)(H,49,57,58). The molecule has 10 rings (SSSR count). The number of nitrogens with zero attached hydrogens (tertiary/aromatic N) is 9. The van der Waals surface area contributed by atoms with Crippen LogP contribution in [-0.2, 0) is 23.1 Å². The van der Waals surface area contributed by atoms with E-state index >= 15 is 0 Å². The number of fused-ring (bicyclic) bond motifs is 3. The molecule has 3 amide bonds. The van der Waals surface area contributed by atoms with E-state index in [1.807, 2.05) is 36.5 Å². The molecule has 17 heteroatoms. The first kappa shape index (κ1) is 37.5. The van der Waals surface area contributed by atoms with Crippen LogP contribution in [0.5, 0.6) is 0 Å². The summed E-state index contributed by atoms with van der Waals surface area (Å²) in [5.74, 6) is -0.498. The Balaban J connectivity index is 0.852. The van der Waals surface area contributed by atoms with Crippen molar-refractivity contribution in [1.82, 2.24) is 39.3 Å². The molecule has 1 aliphatic carbocycles. The highest BCUT2D eigenvalue weighted by atomic mass is 19.1. The lowest BCUT2D eigenvalue weighted by Gasteiger charge is -2.39. The van der Waals surface area contributed by atoms with Crippen molar-refractivity contribution in [3.63, 3.8) is 0 Å². The molecule has 3 N–H and O–H groups in total. The molecular formula is C43H45FN12O4. The molecule has 1 saturated carbocycles. The van der Waals surface area contributed by atoms with E-state index in [0.29, 0.717) is 36.4 Å². The molecule has 0 spiro atoms. The second-order valence-electron chi connectivity index (χ2n) is 16.2. The number of hydrogen-bond donors (Lipinski definition) is 3. The van der Waals surface area contributed by atoms with Gasteiger partial charge in [-0.1, -0.05) is 12.1 Å². The van der Waals surface area contributed by atoms with Gasteiger partial charge in [-0.25, -0.2) is 18.7 Å². The Morgan fingerprint density at radius 3 is 2.55 bits per heavy atom. The number of aryl methyl sites for hydroxylation is 1. The van der Waals surface area contributed by atoms with Crippen molar-refractivity contribution >= 4 is 63.0 Å². The van der Waals surface area contributed by atoms with Gasteiger partial charge in [0.15, 0.2) is 17.2 Å². The maximum atomic E-state index is 13.6. The van der Waals surface area contributed by atoms with Crippen molar-refractivity contribution in [3.8, 4) is 11.3 Å². The van der Waals surface area contributed by atoms with E-state index in [9.17, 15) is 23.6 Å². The maximum Gasteiger partial charge on any atom is 0.329 e.